The first-order valence-electron chi connectivity index (χ1n) is 6.90. The number of carbonyl (C=O) groups is 1. The summed E-state index contributed by atoms with van der Waals surface area (Å²) >= 11 is 7.29. The molecule has 0 unspecified atom stereocenters. The van der Waals surface area contributed by atoms with Gasteiger partial charge in [-0.15, -0.1) is 11.3 Å². The quantitative estimate of drug-likeness (QED) is 0.692. The highest BCUT2D eigenvalue weighted by atomic mass is 35.5. The molecule has 23 heavy (non-hydrogen) atoms. The molecule has 0 atom stereocenters. The fourth-order valence-corrected chi connectivity index (χ4v) is 3.04. The Labute approximate surface area is 142 Å². The van der Waals surface area contributed by atoms with Crippen molar-refractivity contribution in [3.8, 4) is 5.75 Å². The van der Waals surface area contributed by atoms with Crippen LogP contribution in [0.15, 0.2) is 53.9 Å². The molecule has 6 heteroatoms. The van der Waals surface area contributed by atoms with Crippen LogP contribution >= 0.6 is 22.9 Å². The second-order valence-corrected chi connectivity index (χ2v) is 6.28. The minimum atomic E-state index is -0.377. The van der Waals surface area contributed by atoms with Crippen LogP contribution in [0.1, 0.15) is 21.1 Å². The van der Waals surface area contributed by atoms with Crippen LogP contribution in [0.4, 0.5) is 5.69 Å². The second kappa shape index (κ2) is 6.81. The number of phenols is 1. The summed E-state index contributed by atoms with van der Waals surface area (Å²) in [4.78, 5) is 16.6. The van der Waals surface area contributed by atoms with Gasteiger partial charge in [0, 0.05) is 16.8 Å². The summed E-state index contributed by atoms with van der Waals surface area (Å²) in [6, 6.07) is 14.4. The summed E-state index contributed by atoms with van der Waals surface area (Å²) in [5, 5.41) is 15.3. The number of carbonyl (C=O) groups excluding carboxylic acids is 1. The SMILES string of the molecule is O=C(Nc1cc(Cl)ccc1O)c1csc(Cc2ccccc2)n1. The summed E-state index contributed by atoms with van der Waals surface area (Å²) in [6.07, 6.45) is 0.682. The molecule has 1 aromatic heterocycles. The first kappa shape index (κ1) is 15.5. The molecule has 2 N–H and O–H groups in total. The molecule has 0 bridgehead atoms. The predicted molar refractivity (Wildman–Crippen MR) is 92.4 cm³/mol. The van der Waals surface area contributed by atoms with E-state index in [0.717, 1.165) is 10.6 Å². The Kier molecular flexibility index (Phi) is 4.60. The number of benzene rings is 2. The van der Waals surface area contributed by atoms with Gasteiger partial charge in [0.25, 0.3) is 5.91 Å². The molecular formula is C17H13ClN2O2S. The van der Waals surface area contributed by atoms with Crippen molar-refractivity contribution < 1.29 is 9.90 Å². The first-order chi connectivity index (χ1) is 11.1. The molecule has 0 fully saturated rings. The van der Waals surface area contributed by atoms with Crippen molar-refractivity contribution in [2.45, 2.75) is 6.42 Å². The van der Waals surface area contributed by atoms with Crippen LogP contribution in [0, 0.1) is 0 Å². The topological polar surface area (TPSA) is 62.2 Å². The van der Waals surface area contributed by atoms with E-state index < -0.39 is 0 Å². The minimum Gasteiger partial charge on any atom is -0.506 e. The molecule has 2 aromatic carbocycles. The lowest BCUT2D eigenvalue weighted by molar-refractivity contribution is 0.102. The van der Waals surface area contributed by atoms with Gasteiger partial charge in [0.2, 0.25) is 0 Å². The van der Waals surface area contributed by atoms with Crippen molar-refractivity contribution in [2.24, 2.45) is 0 Å². The molecule has 1 amide bonds. The summed E-state index contributed by atoms with van der Waals surface area (Å²) in [5.41, 5.74) is 1.72. The number of nitrogens with zero attached hydrogens (tertiary/aromatic N) is 1. The molecule has 4 nitrogen and oxygen atoms in total. The van der Waals surface area contributed by atoms with Gasteiger partial charge in [-0.1, -0.05) is 41.9 Å². The number of halogens is 1. The van der Waals surface area contributed by atoms with Gasteiger partial charge in [-0.3, -0.25) is 4.79 Å². The number of anilines is 1. The van der Waals surface area contributed by atoms with Crippen molar-refractivity contribution in [1.29, 1.82) is 0 Å². The lowest BCUT2D eigenvalue weighted by Gasteiger charge is -2.06. The lowest BCUT2D eigenvalue weighted by atomic mass is 10.2. The molecule has 0 saturated heterocycles. The Balaban J connectivity index is 1.72. The lowest BCUT2D eigenvalue weighted by Crippen LogP contribution is -2.12. The van der Waals surface area contributed by atoms with Crippen LogP contribution in [0.5, 0.6) is 5.75 Å². The molecule has 0 aliphatic carbocycles. The van der Waals surface area contributed by atoms with Gasteiger partial charge >= 0.3 is 0 Å². The maximum absolute atomic E-state index is 12.2. The molecule has 116 valence electrons. The maximum atomic E-state index is 12.2. The van der Waals surface area contributed by atoms with Crippen LogP contribution in [0.25, 0.3) is 0 Å². The highest BCUT2D eigenvalue weighted by Gasteiger charge is 2.13. The van der Waals surface area contributed by atoms with Crippen molar-refractivity contribution in [3.63, 3.8) is 0 Å². The average Bonchev–Trinajstić information content (AvgIpc) is 3.00. The predicted octanol–water partition coefficient (Wildman–Crippen LogP) is 4.35. The fraction of sp³-hybridized carbons (Fsp3) is 0.0588. The third-order valence-electron chi connectivity index (χ3n) is 3.19. The van der Waals surface area contributed by atoms with Crippen LogP contribution < -0.4 is 5.32 Å². The number of amides is 1. The van der Waals surface area contributed by atoms with Crippen molar-refractivity contribution in [3.05, 3.63) is 75.2 Å². The first-order valence-corrected chi connectivity index (χ1v) is 8.16. The van der Waals surface area contributed by atoms with E-state index in [9.17, 15) is 9.90 Å². The third kappa shape index (κ3) is 3.88. The summed E-state index contributed by atoms with van der Waals surface area (Å²) in [7, 11) is 0. The van der Waals surface area contributed by atoms with Gasteiger partial charge in [0.15, 0.2) is 0 Å². The van der Waals surface area contributed by atoms with Crippen LogP contribution in [-0.4, -0.2) is 16.0 Å². The Bertz CT molecular complexity index is 834. The second-order valence-electron chi connectivity index (χ2n) is 4.90. The Morgan fingerprint density at radius 3 is 2.78 bits per heavy atom. The number of aromatic nitrogens is 1. The molecule has 0 radical (unpaired) electrons. The van der Waals surface area contributed by atoms with E-state index in [1.165, 1.54) is 23.5 Å². The Morgan fingerprint density at radius 2 is 2.00 bits per heavy atom. The van der Waals surface area contributed by atoms with Crippen molar-refractivity contribution in [2.75, 3.05) is 5.32 Å². The number of rotatable bonds is 4. The molecule has 0 saturated carbocycles. The zero-order chi connectivity index (χ0) is 16.2. The van der Waals surface area contributed by atoms with E-state index in [1.807, 2.05) is 30.3 Å². The highest BCUT2D eigenvalue weighted by Crippen LogP contribution is 2.27. The van der Waals surface area contributed by atoms with Crippen LogP contribution in [0.2, 0.25) is 5.02 Å². The monoisotopic (exact) mass is 344 g/mol. The van der Waals surface area contributed by atoms with Crippen molar-refractivity contribution >= 4 is 34.5 Å². The fourth-order valence-electron chi connectivity index (χ4n) is 2.06. The molecule has 0 aliphatic rings. The number of nitrogens with one attached hydrogen (secondary N) is 1. The van der Waals surface area contributed by atoms with E-state index in [2.05, 4.69) is 10.3 Å². The molecular weight excluding hydrogens is 332 g/mol. The van der Waals surface area contributed by atoms with Crippen LogP contribution in [-0.2, 0) is 6.42 Å². The van der Waals surface area contributed by atoms with E-state index in [1.54, 1.807) is 11.4 Å². The number of phenolic OH excluding ortho intramolecular Hbond substituents is 1. The number of hydrogen-bond donors (Lipinski definition) is 2. The van der Waals surface area contributed by atoms with Crippen molar-refractivity contribution in [1.82, 2.24) is 4.98 Å². The van der Waals surface area contributed by atoms with Gasteiger partial charge in [-0.25, -0.2) is 4.98 Å². The zero-order valence-corrected chi connectivity index (χ0v) is 13.6. The summed E-state index contributed by atoms with van der Waals surface area (Å²) in [5.74, 6) is -0.416. The van der Waals surface area contributed by atoms with Crippen LogP contribution in [0.3, 0.4) is 0 Å². The maximum Gasteiger partial charge on any atom is 0.275 e. The van der Waals surface area contributed by atoms with Gasteiger partial charge in [-0.2, -0.15) is 0 Å². The van der Waals surface area contributed by atoms with Gasteiger partial charge in [-0.05, 0) is 23.8 Å². The number of aromatic hydroxyl groups is 1. The van der Waals surface area contributed by atoms with Gasteiger partial charge in [0.05, 0.1) is 10.7 Å². The molecule has 1 heterocycles. The van der Waals surface area contributed by atoms with E-state index in [0.29, 0.717) is 17.1 Å². The smallest absolute Gasteiger partial charge is 0.275 e. The number of hydrogen-bond acceptors (Lipinski definition) is 4. The summed E-state index contributed by atoms with van der Waals surface area (Å²) < 4.78 is 0. The van der Waals surface area contributed by atoms with Gasteiger partial charge < -0.3 is 10.4 Å². The largest absolute Gasteiger partial charge is 0.506 e. The highest BCUT2D eigenvalue weighted by molar-refractivity contribution is 7.09. The van der Waals surface area contributed by atoms with E-state index >= 15 is 0 Å². The number of thiazole rings is 1. The normalized spacial score (nSPS) is 10.5. The molecule has 3 rings (SSSR count). The van der Waals surface area contributed by atoms with Gasteiger partial charge in [0.1, 0.15) is 11.4 Å². The Hall–Kier alpha value is -2.37. The third-order valence-corrected chi connectivity index (χ3v) is 4.27. The minimum absolute atomic E-state index is 0.0394. The molecule has 0 spiro atoms. The average molecular weight is 345 g/mol. The molecule has 3 aromatic rings. The molecule has 0 aliphatic heterocycles. The summed E-state index contributed by atoms with van der Waals surface area (Å²) in [6.45, 7) is 0. The van der Waals surface area contributed by atoms with E-state index in [-0.39, 0.29) is 17.3 Å². The van der Waals surface area contributed by atoms with E-state index in [4.69, 9.17) is 11.6 Å². The Morgan fingerprint density at radius 1 is 1.22 bits per heavy atom. The zero-order valence-electron chi connectivity index (χ0n) is 12.0. The standard InChI is InChI=1S/C17H13ClN2O2S/c18-12-6-7-15(21)13(9-12)20-17(22)14-10-23-16(19-14)8-11-4-2-1-3-5-11/h1-7,9-10,21H,8H2,(H,20,22).